The number of hydrogen-bond acceptors (Lipinski definition) is 4. The van der Waals surface area contributed by atoms with Gasteiger partial charge in [-0.1, -0.05) is 18.2 Å². The molecule has 1 N–H and O–H groups in total. The molecule has 0 saturated carbocycles. The van der Waals surface area contributed by atoms with E-state index in [-0.39, 0.29) is 18.9 Å². The number of nitrogens with zero attached hydrogens (tertiary/aromatic N) is 1. The summed E-state index contributed by atoms with van der Waals surface area (Å²) >= 11 is 0. The van der Waals surface area contributed by atoms with Crippen molar-refractivity contribution >= 4 is 21.6 Å². The van der Waals surface area contributed by atoms with Crippen LogP contribution in [0.4, 0.5) is 5.69 Å². The van der Waals surface area contributed by atoms with E-state index in [0.717, 1.165) is 28.9 Å². The van der Waals surface area contributed by atoms with E-state index in [1.165, 1.54) is 10.6 Å². The Balaban J connectivity index is 1.82. The Morgan fingerprint density at radius 2 is 1.76 bits per heavy atom. The molecule has 0 aromatic heterocycles. The van der Waals surface area contributed by atoms with Crippen LogP contribution in [-0.4, -0.2) is 40.8 Å². The molecule has 1 amide bonds. The maximum absolute atomic E-state index is 12.2. The quantitative estimate of drug-likeness (QED) is 0.643. The topological polar surface area (TPSA) is 75.7 Å². The Morgan fingerprint density at radius 1 is 1.07 bits per heavy atom. The first kappa shape index (κ1) is 22.7. The predicted molar refractivity (Wildman–Crippen MR) is 117 cm³/mol. The average molecular weight is 419 g/mol. The maximum Gasteiger partial charge on any atom is 0.232 e. The van der Waals surface area contributed by atoms with Crippen LogP contribution in [0, 0.1) is 13.8 Å². The Labute approximate surface area is 173 Å². The average Bonchev–Trinajstić information content (AvgIpc) is 2.67. The highest BCUT2D eigenvalue weighted by atomic mass is 32.2. The van der Waals surface area contributed by atoms with Gasteiger partial charge in [0, 0.05) is 19.5 Å². The molecular formula is C22H30N2O4S. The standard InChI is InChI=1S/C22H30N2O4S/c1-17-7-10-20(16-18(17)2)24(29(4,26)27)15-5-6-22(25)23-14-13-19-8-11-21(28-3)12-9-19/h7-12,16H,5-6,13-15H2,1-4H3,(H,23,25). The van der Waals surface area contributed by atoms with Crippen molar-refractivity contribution in [1.82, 2.24) is 5.32 Å². The van der Waals surface area contributed by atoms with Gasteiger partial charge in [0.2, 0.25) is 15.9 Å². The van der Waals surface area contributed by atoms with Gasteiger partial charge in [-0.3, -0.25) is 9.10 Å². The number of methoxy groups -OCH3 is 1. The van der Waals surface area contributed by atoms with E-state index in [9.17, 15) is 13.2 Å². The highest BCUT2D eigenvalue weighted by Crippen LogP contribution is 2.21. The van der Waals surface area contributed by atoms with E-state index in [2.05, 4.69) is 5.32 Å². The summed E-state index contributed by atoms with van der Waals surface area (Å²) in [4.78, 5) is 12.1. The molecule has 0 bridgehead atoms. The first-order chi connectivity index (χ1) is 13.7. The summed E-state index contributed by atoms with van der Waals surface area (Å²) in [6.07, 6.45) is 2.65. The molecule has 0 spiro atoms. The summed E-state index contributed by atoms with van der Waals surface area (Å²) in [5.41, 5.74) is 3.89. The summed E-state index contributed by atoms with van der Waals surface area (Å²) in [5, 5.41) is 2.89. The Hall–Kier alpha value is -2.54. The second-order valence-electron chi connectivity index (χ2n) is 7.16. The number of nitrogens with one attached hydrogen (secondary N) is 1. The molecule has 0 unspecified atom stereocenters. The number of aryl methyl sites for hydroxylation is 2. The van der Waals surface area contributed by atoms with Crippen LogP contribution in [0.3, 0.4) is 0 Å². The van der Waals surface area contributed by atoms with Crippen molar-refractivity contribution in [3.05, 3.63) is 59.2 Å². The summed E-state index contributed by atoms with van der Waals surface area (Å²) in [6, 6.07) is 13.3. The second kappa shape index (κ2) is 10.3. The third-order valence-corrected chi connectivity index (χ3v) is 6.03. The molecule has 0 heterocycles. The first-order valence-corrected chi connectivity index (χ1v) is 11.5. The van der Waals surface area contributed by atoms with Gasteiger partial charge in [-0.2, -0.15) is 0 Å². The highest BCUT2D eigenvalue weighted by molar-refractivity contribution is 7.92. The number of hydrogen-bond donors (Lipinski definition) is 1. The van der Waals surface area contributed by atoms with Crippen LogP contribution in [0.5, 0.6) is 5.75 Å². The zero-order valence-corrected chi connectivity index (χ0v) is 18.4. The van der Waals surface area contributed by atoms with Gasteiger partial charge in [-0.15, -0.1) is 0 Å². The van der Waals surface area contributed by atoms with Crippen molar-refractivity contribution in [2.45, 2.75) is 33.1 Å². The van der Waals surface area contributed by atoms with E-state index in [0.29, 0.717) is 18.7 Å². The third kappa shape index (κ3) is 7.09. The number of amides is 1. The van der Waals surface area contributed by atoms with Crippen LogP contribution in [0.15, 0.2) is 42.5 Å². The molecule has 0 aliphatic rings. The molecule has 0 atom stereocenters. The van der Waals surface area contributed by atoms with Crippen LogP contribution >= 0.6 is 0 Å². The molecule has 0 aliphatic carbocycles. The minimum Gasteiger partial charge on any atom is -0.497 e. The van der Waals surface area contributed by atoms with E-state index in [1.54, 1.807) is 13.2 Å². The Bertz CT molecular complexity index is 924. The van der Waals surface area contributed by atoms with Crippen molar-refractivity contribution in [1.29, 1.82) is 0 Å². The van der Waals surface area contributed by atoms with Gasteiger partial charge in [0.1, 0.15) is 5.75 Å². The van der Waals surface area contributed by atoms with Crippen LogP contribution in [0.1, 0.15) is 29.5 Å². The largest absolute Gasteiger partial charge is 0.497 e. The van der Waals surface area contributed by atoms with Crippen molar-refractivity contribution < 1.29 is 17.9 Å². The number of rotatable bonds is 10. The molecule has 158 valence electrons. The molecule has 2 aromatic rings. The van der Waals surface area contributed by atoms with Gasteiger partial charge in [-0.25, -0.2) is 8.42 Å². The highest BCUT2D eigenvalue weighted by Gasteiger charge is 2.18. The Morgan fingerprint density at radius 3 is 2.34 bits per heavy atom. The smallest absolute Gasteiger partial charge is 0.232 e. The van der Waals surface area contributed by atoms with E-state index < -0.39 is 10.0 Å². The number of anilines is 1. The molecule has 6 nitrogen and oxygen atoms in total. The summed E-state index contributed by atoms with van der Waals surface area (Å²) < 4.78 is 30.9. The van der Waals surface area contributed by atoms with E-state index in [1.807, 2.05) is 50.2 Å². The fourth-order valence-electron chi connectivity index (χ4n) is 2.98. The minimum atomic E-state index is -3.41. The molecule has 0 aliphatic heterocycles. The lowest BCUT2D eigenvalue weighted by Crippen LogP contribution is -2.32. The van der Waals surface area contributed by atoms with Crippen molar-refractivity contribution in [2.75, 3.05) is 30.8 Å². The van der Waals surface area contributed by atoms with Crippen molar-refractivity contribution in [3.63, 3.8) is 0 Å². The number of ether oxygens (including phenoxy) is 1. The molecule has 0 radical (unpaired) electrons. The van der Waals surface area contributed by atoms with Gasteiger partial charge < -0.3 is 10.1 Å². The molecule has 0 saturated heterocycles. The van der Waals surface area contributed by atoms with Crippen LogP contribution in [0.2, 0.25) is 0 Å². The van der Waals surface area contributed by atoms with Gasteiger partial charge in [-0.05, 0) is 67.6 Å². The molecule has 2 rings (SSSR count). The maximum atomic E-state index is 12.2. The fraction of sp³-hybridized carbons (Fsp3) is 0.409. The first-order valence-electron chi connectivity index (χ1n) is 9.65. The van der Waals surface area contributed by atoms with Gasteiger partial charge in [0.15, 0.2) is 0 Å². The Kier molecular flexibility index (Phi) is 8.08. The van der Waals surface area contributed by atoms with Gasteiger partial charge in [0.05, 0.1) is 19.1 Å². The van der Waals surface area contributed by atoms with E-state index >= 15 is 0 Å². The second-order valence-corrected chi connectivity index (χ2v) is 9.06. The summed E-state index contributed by atoms with van der Waals surface area (Å²) in [5.74, 6) is 0.726. The predicted octanol–water partition coefficient (Wildman–Crippen LogP) is 3.22. The summed E-state index contributed by atoms with van der Waals surface area (Å²) in [7, 11) is -1.79. The zero-order chi connectivity index (χ0) is 21.4. The third-order valence-electron chi connectivity index (χ3n) is 4.84. The van der Waals surface area contributed by atoms with E-state index in [4.69, 9.17) is 4.74 Å². The lowest BCUT2D eigenvalue weighted by molar-refractivity contribution is -0.121. The summed E-state index contributed by atoms with van der Waals surface area (Å²) in [6.45, 7) is 4.75. The van der Waals surface area contributed by atoms with Crippen LogP contribution < -0.4 is 14.4 Å². The van der Waals surface area contributed by atoms with Crippen molar-refractivity contribution in [2.24, 2.45) is 0 Å². The van der Waals surface area contributed by atoms with Crippen molar-refractivity contribution in [3.8, 4) is 5.75 Å². The number of benzene rings is 2. The molecule has 29 heavy (non-hydrogen) atoms. The lowest BCUT2D eigenvalue weighted by atomic mass is 10.1. The molecule has 7 heteroatoms. The van der Waals surface area contributed by atoms with Gasteiger partial charge in [0.25, 0.3) is 0 Å². The monoisotopic (exact) mass is 418 g/mol. The minimum absolute atomic E-state index is 0.0768. The molecular weight excluding hydrogens is 388 g/mol. The lowest BCUT2D eigenvalue weighted by Gasteiger charge is -2.23. The number of carbonyl (C=O) groups is 1. The number of carbonyl (C=O) groups excluding carboxylic acids is 1. The molecule has 2 aromatic carbocycles. The normalized spacial score (nSPS) is 11.2. The fourth-order valence-corrected chi connectivity index (χ4v) is 3.93. The molecule has 0 fully saturated rings. The van der Waals surface area contributed by atoms with Gasteiger partial charge >= 0.3 is 0 Å². The van der Waals surface area contributed by atoms with Crippen LogP contribution in [0.25, 0.3) is 0 Å². The number of sulfonamides is 1. The zero-order valence-electron chi connectivity index (χ0n) is 17.6. The van der Waals surface area contributed by atoms with Crippen LogP contribution in [-0.2, 0) is 21.2 Å². The SMILES string of the molecule is COc1ccc(CCNC(=O)CCCN(c2ccc(C)c(C)c2)S(C)(=O)=O)cc1.